The van der Waals surface area contributed by atoms with Crippen molar-refractivity contribution in [3.8, 4) is 0 Å². The van der Waals surface area contributed by atoms with Crippen LogP contribution in [-0.2, 0) is 10.0 Å². The number of carbonyl (C=O) groups is 1. The van der Waals surface area contributed by atoms with Crippen LogP contribution in [0.4, 0.5) is 0 Å². The molecule has 1 aliphatic rings. The van der Waals surface area contributed by atoms with Gasteiger partial charge >= 0.3 is 0 Å². The van der Waals surface area contributed by atoms with Crippen molar-refractivity contribution in [1.29, 1.82) is 0 Å². The van der Waals surface area contributed by atoms with Crippen molar-refractivity contribution in [3.05, 3.63) is 29.8 Å². The summed E-state index contributed by atoms with van der Waals surface area (Å²) in [5.74, 6) is -0.0694. The Morgan fingerprint density at radius 2 is 2.09 bits per heavy atom. The fraction of sp³-hybridized carbons (Fsp3) is 0.562. The third kappa shape index (κ3) is 3.67. The largest absolute Gasteiger partial charge is 0.336 e. The molecule has 0 bridgehead atoms. The summed E-state index contributed by atoms with van der Waals surface area (Å²) in [5.41, 5.74) is 0.444. The van der Waals surface area contributed by atoms with Gasteiger partial charge in [-0.2, -0.15) is 0 Å². The average molecular weight is 324 g/mol. The SMILES string of the molecule is CCNS(=O)(=O)c1cccc(C(=O)N2CCCCC2CC)c1. The first-order valence-corrected chi connectivity index (χ1v) is 9.38. The van der Waals surface area contributed by atoms with E-state index in [2.05, 4.69) is 11.6 Å². The first-order chi connectivity index (χ1) is 10.5. The van der Waals surface area contributed by atoms with Crippen LogP contribution in [0.2, 0.25) is 0 Å². The first-order valence-electron chi connectivity index (χ1n) is 7.90. The van der Waals surface area contributed by atoms with Gasteiger partial charge < -0.3 is 4.90 Å². The van der Waals surface area contributed by atoms with E-state index in [-0.39, 0.29) is 16.8 Å². The number of nitrogens with one attached hydrogen (secondary N) is 1. The summed E-state index contributed by atoms with van der Waals surface area (Å²) in [5, 5.41) is 0. The van der Waals surface area contributed by atoms with E-state index in [1.165, 1.54) is 12.1 Å². The van der Waals surface area contributed by atoms with Crippen LogP contribution in [0.1, 0.15) is 49.9 Å². The maximum atomic E-state index is 12.7. The lowest BCUT2D eigenvalue weighted by molar-refractivity contribution is 0.0608. The maximum Gasteiger partial charge on any atom is 0.254 e. The molecule has 1 saturated heterocycles. The number of nitrogens with zero attached hydrogens (tertiary/aromatic N) is 1. The van der Waals surface area contributed by atoms with Crippen LogP contribution in [0, 0.1) is 0 Å². The number of likely N-dealkylation sites (tertiary alicyclic amines) is 1. The summed E-state index contributed by atoms with van der Waals surface area (Å²) in [4.78, 5) is 14.8. The van der Waals surface area contributed by atoms with Crippen LogP contribution < -0.4 is 4.72 Å². The molecule has 1 fully saturated rings. The number of piperidine rings is 1. The fourth-order valence-corrected chi connectivity index (χ4v) is 4.01. The number of carbonyl (C=O) groups excluding carboxylic acids is 1. The zero-order valence-electron chi connectivity index (χ0n) is 13.2. The average Bonchev–Trinajstić information content (AvgIpc) is 2.54. The Kier molecular flexibility index (Phi) is 5.58. The Bertz CT molecular complexity index is 628. The van der Waals surface area contributed by atoms with E-state index in [0.29, 0.717) is 12.1 Å². The monoisotopic (exact) mass is 324 g/mol. The number of amides is 1. The molecule has 1 heterocycles. The molecule has 5 nitrogen and oxygen atoms in total. The topological polar surface area (TPSA) is 66.5 Å². The number of hydrogen-bond acceptors (Lipinski definition) is 3. The van der Waals surface area contributed by atoms with Crippen LogP contribution >= 0.6 is 0 Å². The molecular formula is C16H24N2O3S. The third-order valence-electron chi connectivity index (χ3n) is 4.08. The minimum atomic E-state index is -3.54. The standard InChI is InChI=1S/C16H24N2O3S/c1-3-14-9-5-6-11-18(14)16(19)13-8-7-10-15(12-13)22(20,21)17-4-2/h7-8,10,12,14,17H,3-6,9,11H2,1-2H3. The molecule has 0 saturated carbocycles. The molecule has 1 aromatic rings. The highest BCUT2D eigenvalue weighted by atomic mass is 32.2. The van der Waals surface area contributed by atoms with Crippen molar-refractivity contribution >= 4 is 15.9 Å². The molecule has 2 rings (SSSR count). The van der Waals surface area contributed by atoms with Crippen LogP contribution in [-0.4, -0.2) is 38.4 Å². The van der Waals surface area contributed by atoms with Gasteiger partial charge in [0.05, 0.1) is 4.90 Å². The van der Waals surface area contributed by atoms with Gasteiger partial charge in [-0.3, -0.25) is 4.79 Å². The molecule has 1 amide bonds. The summed E-state index contributed by atoms with van der Waals surface area (Å²) >= 11 is 0. The van der Waals surface area contributed by atoms with E-state index in [9.17, 15) is 13.2 Å². The second-order valence-electron chi connectivity index (χ2n) is 5.59. The van der Waals surface area contributed by atoms with Gasteiger partial charge in [0.25, 0.3) is 5.91 Å². The summed E-state index contributed by atoms with van der Waals surface area (Å²) < 4.78 is 26.6. The Hall–Kier alpha value is -1.40. The Labute approximate surface area is 132 Å². The highest BCUT2D eigenvalue weighted by molar-refractivity contribution is 7.89. The molecule has 0 spiro atoms. The van der Waals surface area contributed by atoms with E-state index < -0.39 is 10.0 Å². The van der Waals surface area contributed by atoms with Gasteiger partial charge in [0.1, 0.15) is 0 Å². The summed E-state index contributed by atoms with van der Waals surface area (Å²) in [6, 6.07) is 6.57. The molecule has 1 atom stereocenters. The normalized spacial score (nSPS) is 19.2. The smallest absolute Gasteiger partial charge is 0.254 e. The van der Waals surface area contributed by atoms with E-state index in [1.807, 2.05) is 4.90 Å². The van der Waals surface area contributed by atoms with Crippen LogP contribution in [0.25, 0.3) is 0 Å². The molecule has 0 aliphatic carbocycles. The van der Waals surface area contributed by atoms with Gasteiger partial charge in [-0.05, 0) is 43.9 Å². The Balaban J connectivity index is 2.27. The van der Waals surface area contributed by atoms with Crippen molar-refractivity contribution in [1.82, 2.24) is 9.62 Å². The quantitative estimate of drug-likeness (QED) is 0.904. The van der Waals surface area contributed by atoms with E-state index >= 15 is 0 Å². The third-order valence-corrected chi connectivity index (χ3v) is 5.63. The number of benzene rings is 1. The van der Waals surface area contributed by atoms with Crippen LogP contribution in [0.5, 0.6) is 0 Å². The molecule has 122 valence electrons. The van der Waals surface area contributed by atoms with Gasteiger partial charge in [0.15, 0.2) is 0 Å². The lowest BCUT2D eigenvalue weighted by atomic mass is 9.99. The van der Waals surface area contributed by atoms with Crippen molar-refractivity contribution < 1.29 is 13.2 Å². The van der Waals surface area contributed by atoms with Crippen LogP contribution in [0.15, 0.2) is 29.2 Å². The van der Waals surface area contributed by atoms with Crippen LogP contribution in [0.3, 0.4) is 0 Å². The molecule has 0 radical (unpaired) electrons. The second-order valence-corrected chi connectivity index (χ2v) is 7.35. The lowest BCUT2D eigenvalue weighted by Gasteiger charge is -2.35. The van der Waals surface area contributed by atoms with Gasteiger partial charge in [-0.1, -0.05) is 19.9 Å². The summed E-state index contributed by atoms with van der Waals surface area (Å²) in [6.07, 6.45) is 4.12. The minimum Gasteiger partial charge on any atom is -0.336 e. The van der Waals surface area contributed by atoms with Gasteiger partial charge in [-0.15, -0.1) is 0 Å². The Morgan fingerprint density at radius 3 is 2.77 bits per heavy atom. The predicted octanol–water partition coefficient (Wildman–Crippen LogP) is 2.39. The highest BCUT2D eigenvalue weighted by Gasteiger charge is 2.26. The molecule has 1 unspecified atom stereocenters. The van der Waals surface area contributed by atoms with Crippen molar-refractivity contribution in [2.45, 2.75) is 50.5 Å². The molecule has 1 aromatic carbocycles. The van der Waals surface area contributed by atoms with Crippen molar-refractivity contribution in [2.75, 3.05) is 13.1 Å². The zero-order valence-corrected chi connectivity index (χ0v) is 14.0. The van der Waals surface area contributed by atoms with E-state index in [4.69, 9.17) is 0 Å². The fourth-order valence-electron chi connectivity index (χ4n) is 2.93. The molecule has 6 heteroatoms. The number of sulfonamides is 1. The van der Waals surface area contributed by atoms with Gasteiger partial charge in [0.2, 0.25) is 10.0 Å². The summed E-state index contributed by atoms with van der Waals surface area (Å²) in [6.45, 7) is 4.89. The zero-order chi connectivity index (χ0) is 16.2. The molecule has 1 aliphatic heterocycles. The predicted molar refractivity (Wildman–Crippen MR) is 86.3 cm³/mol. The molecule has 22 heavy (non-hydrogen) atoms. The second kappa shape index (κ2) is 7.24. The summed E-state index contributed by atoms with van der Waals surface area (Å²) in [7, 11) is -3.54. The molecular weight excluding hydrogens is 300 g/mol. The van der Waals surface area contributed by atoms with Gasteiger partial charge in [0, 0.05) is 24.7 Å². The molecule has 1 N–H and O–H groups in total. The number of rotatable bonds is 5. The first kappa shape index (κ1) is 17.0. The van der Waals surface area contributed by atoms with E-state index in [1.54, 1.807) is 19.1 Å². The lowest BCUT2D eigenvalue weighted by Crippen LogP contribution is -2.43. The highest BCUT2D eigenvalue weighted by Crippen LogP contribution is 2.22. The number of hydrogen-bond donors (Lipinski definition) is 1. The Morgan fingerprint density at radius 1 is 1.32 bits per heavy atom. The van der Waals surface area contributed by atoms with Crippen molar-refractivity contribution in [2.24, 2.45) is 0 Å². The van der Waals surface area contributed by atoms with Gasteiger partial charge in [-0.25, -0.2) is 13.1 Å². The minimum absolute atomic E-state index is 0.0694. The molecule has 0 aromatic heterocycles. The maximum absolute atomic E-state index is 12.7. The van der Waals surface area contributed by atoms with E-state index in [0.717, 1.165) is 32.2 Å². The van der Waals surface area contributed by atoms with Crippen molar-refractivity contribution in [3.63, 3.8) is 0 Å².